The molecule has 34 heavy (non-hydrogen) atoms. The minimum absolute atomic E-state index is 0.128. The van der Waals surface area contributed by atoms with E-state index in [2.05, 4.69) is 10.5 Å². The van der Waals surface area contributed by atoms with Gasteiger partial charge in [0.15, 0.2) is 0 Å². The summed E-state index contributed by atoms with van der Waals surface area (Å²) in [5, 5.41) is 4.10. The summed E-state index contributed by atoms with van der Waals surface area (Å²) in [6.07, 6.45) is 0. The van der Waals surface area contributed by atoms with Crippen LogP contribution in [0.2, 0.25) is 0 Å². The summed E-state index contributed by atoms with van der Waals surface area (Å²) < 4.78 is 46.3. The fraction of sp³-hybridized carbons (Fsp3) is 0.200. The number of nitrogens with zero attached hydrogens (tertiary/aromatic N) is 2. The number of anilines is 1. The lowest BCUT2D eigenvalue weighted by Gasteiger charge is -2.24. The van der Waals surface area contributed by atoms with E-state index in [1.807, 2.05) is 26.0 Å². The second-order valence-corrected chi connectivity index (χ2v) is 9.35. The zero-order chi connectivity index (χ0) is 24.7. The van der Waals surface area contributed by atoms with Gasteiger partial charge in [-0.1, -0.05) is 17.7 Å². The number of hydrogen-bond acceptors (Lipinski definition) is 5. The Balaban J connectivity index is 1.81. The number of ether oxygens (including phenoxy) is 1. The molecule has 3 rings (SSSR count). The van der Waals surface area contributed by atoms with Gasteiger partial charge in [0.25, 0.3) is 15.9 Å². The zero-order valence-electron chi connectivity index (χ0n) is 19.2. The molecule has 0 spiro atoms. The van der Waals surface area contributed by atoms with Crippen molar-refractivity contribution in [2.24, 2.45) is 5.10 Å². The molecular formula is C25H26FN3O4S. The Morgan fingerprint density at radius 1 is 1.00 bits per heavy atom. The van der Waals surface area contributed by atoms with Crippen molar-refractivity contribution in [2.45, 2.75) is 25.7 Å². The Kier molecular flexibility index (Phi) is 8.01. The highest BCUT2D eigenvalue weighted by atomic mass is 32.2. The molecule has 1 amide bonds. The number of aryl methyl sites for hydroxylation is 1. The van der Waals surface area contributed by atoms with E-state index < -0.39 is 28.3 Å². The van der Waals surface area contributed by atoms with Crippen molar-refractivity contribution in [3.8, 4) is 5.75 Å². The van der Waals surface area contributed by atoms with Gasteiger partial charge in [0.05, 0.1) is 22.9 Å². The fourth-order valence-electron chi connectivity index (χ4n) is 3.10. The molecule has 0 saturated heterocycles. The van der Waals surface area contributed by atoms with Crippen molar-refractivity contribution >= 4 is 27.3 Å². The Morgan fingerprint density at radius 2 is 1.62 bits per heavy atom. The molecule has 0 fully saturated rings. The van der Waals surface area contributed by atoms with E-state index in [1.54, 1.807) is 43.3 Å². The predicted molar refractivity (Wildman–Crippen MR) is 130 cm³/mol. The van der Waals surface area contributed by atoms with Crippen molar-refractivity contribution in [2.75, 3.05) is 17.5 Å². The van der Waals surface area contributed by atoms with Gasteiger partial charge in [0.2, 0.25) is 0 Å². The molecule has 0 unspecified atom stereocenters. The minimum Gasteiger partial charge on any atom is -0.494 e. The van der Waals surface area contributed by atoms with Crippen LogP contribution in [0.25, 0.3) is 0 Å². The number of hydrogen-bond donors (Lipinski definition) is 1. The molecule has 0 aromatic heterocycles. The van der Waals surface area contributed by atoms with Crippen molar-refractivity contribution in [1.29, 1.82) is 0 Å². The number of amides is 1. The molecule has 178 valence electrons. The summed E-state index contributed by atoms with van der Waals surface area (Å²) in [4.78, 5) is 12.6. The SMILES string of the molecule is CCOc1ccc(/C(C)=N\NC(=O)CN(c2ccc(C)cc2)S(=O)(=O)c2ccc(F)cc2)cc1. The number of benzene rings is 3. The average Bonchev–Trinajstić information content (AvgIpc) is 2.82. The first-order valence-corrected chi connectivity index (χ1v) is 12.1. The summed E-state index contributed by atoms with van der Waals surface area (Å²) in [5.74, 6) is -0.461. The molecule has 0 aliphatic rings. The summed E-state index contributed by atoms with van der Waals surface area (Å²) in [7, 11) is -4.14. The van der Waals surface area contributed by atoms with Gasteiger partial charge in [-0.2, -0.15) is 5.10 Å². The van der Waals surface area contributed by atoms with E-state index in [0.29, 0.717) is 18.0 Å². The van der Waals surface area contributed by atoms with Gasteiger partial charge in [-0.15, -0.1) is 0 Å². The second-order valence-electron chi connectivity index (χ2n) is 7.49. The van der Waals surface area contributed by atoms with E-state index >= 15 is 0 Å². The lowest BCUT2D eigenvalue weighted by atomic mass is 10.1. The quantitative estimate of drug-likeness (QED) is 0.364. The monoisotopic (exact) mass is 483 g/mol. The number of sulfonamides is 1. The Bertz CT molecular complexity index is 1260. The first kappa shape index (κ1) is 24.9. The largest absolute Gasteiger partial charge is 0.494 e. The van der Waals surface area contributed by atoms with Crippen LogP contribution in [-0.2, 0) is 14.8 Å². The maximum absolute atomic E-state index is 13.3. The number of nitrogens with one attached hydrogen (secondary N) is 1. The third-order valence-electron chi connectivity index (χ3n) is 4.94. The average molecular weight is 484 g/mol. The maximum atomic E-state index is 13.3. The smallest absolute Gasteiger partial charge is 0.264 e. The highest BCUT2D eigenvalue weighted by Crippen LogP contribution is 2.24. The van der Waals surface area contributed by atoms with Crippen molar-refractivity contribution < 1.29 is 22.3 Å². The molecule has 9 heteroatoms. The van der Waals surface area contributed by atoms with E-state index in [-0.39, 0.29) is 4.90 Å². The standard InChI is InChI=1S/C25H26FN3O4S/c1-4-33-23-13-7-20(8-14-23)19(3)27-28-25(30)17-29(22-11-5-18(2)6-12-22)34(31,32)24-15-9-21(26)10-16-24/h5-16H,4,17H2,1-3H3,(H,28,30)/b27-19-. The molecule has 0 aliphatic heterocycles. The van der Waals surface area contributed by atoms with Crippen LogP contribution in [-0.4, -0.2) is 33.2 Å². The summed E-state index contributed by atoms with van der Waals surface area (Å²) >= 11 is 0. The topological polar surface area (TPSA) is 88.1 Å². The fourth-order valence-corrected chi connectivity index (χ4v) is 4.52. The molecule has 0 aliphatic carbocycles. The van der Waals surface area contributed by atoms with Gasteiger partial charge >= 0.3 is 0 Å². The van der Waals surface area contributed by atoms with Crippen LogP contribution < -0.4 is 14.5 Å². The predicted octanol–water partition coefficient (Wildman–Crippen LogP) is 4.27. The van der Waals surface area contributed by atoms with E-state index in [4.69, 9.17) is 4.74 Å². The third-order valence-corrected chi connectivity index (χ3v) is 6.73. The van der Waals surface area contributed by atoms with E-state index in [9.17, 15) is 17.6 Å². The molecule has 3 aromatic rings. The van der Waals surface area contributed by atoms with Crippen molar-refractivity contribution in [1.82, 2.24) is 5.43 Å². The molecule has 0 bridgehead atoms. The van der Waals surface area contributed by atoms with Crippen LogP contribution >= 0.6 is 0 Å². The minimum atomic E-state index is -4.14. The molecule has 7 nitrogen and oxygen atoms in total. The van der Waals surface area contributed by atoms with Crippen LogP contribution in [0.3, 0.4) is 0 Å². The number of halogens is 1. The Morgan fingerprint density at radius 3 is 2.21 bits per heavy atom. The number of hydrazone groups is 1. The summed E-state index contributed by atoms with van der Waals surface area (Å²) in [6, 6.07) is 18.4. The van der Waals surface area contributed by atoms with Gasteiger partial charge in [-0.3, -0.25) is 9.10 Å². The number of carbonyl (C=O) groups is 1. The molecule has 1 N–H and O–H groups in total. The normalized spacial score (nSPS) is 11.7. The van der Waals surface area contributed by atoms with Gasteiger partial charge in [0, 0.05) is 0 Å². The van der Waals surface area contributed by atoms with Crippen molar-refractivity contribution in [3.05, 3.63) is 89.7 Å². The van der Waals surface area contributed by atoms with Gasteiger partial charge in [0.1, 0.15) is 18.1 Å². The van der Waals surface area contributed by atoms with Crippen LogP contribution in [0.1, 0.15) is 25.0 Å². The van der Waals surface area contributed by atoms with Crippen molar-refractivity contribution in [3.63, 3.8) is 0 Å². The van der Waals surface area contributed by atoms with Gasteiger partial charge < -0.3 is 4.74 Å². The zero-order valence-corrected chi connectivity index (χ0v) is 20.0. The summed E-state index contributed by atoms with van der Waals surface area (Å²) in [6.45, 7) is 5.53. The number of carbonyl (C=O) groups excluding carboxylic acids is 1. The molecule has 0 atom stereocenters. The number of rotatable bonds is 9. The molecule has 0 saturated carbocycles. The molecule has 0 radical (unpaired) electrons. The van der Waals surface area contributed by atoms with E-state index in [0.717, 1.165) is 45.4 Å². The van der Waals surface area contributed by atoms with Crippen LogP contribution in [0.5, 0.6) is 5.75 Å². The first-order valence-electron chi connectivity index (χ1n) is 10.6. The van der Waals surface area contributed by atoms with Crippen LogP contribution in [0, 0.1) is 12.7 Å². The highest BCUT2D eigenvalue weighted by molar-refractivity contribution is 7.92. The lowest BCUT2D eigenvalue weighted by molar-refractivity contribution is -0.119. The van der Waals surface area contributed by atoms with E-state index in [1.165, 1.54) is 0 Å². The summed E-state index contributed by atoms with van der Waals surface area (Å²) in [5.41, 5.74) is 4.97. The third kappa shape index (κ3) is 6.20. The lowest BCUT2D eigenvalue weighted by Crippen LogP contribution is -2.39. The van der Waals surface area contributed by atoms with Crippen LogP contribution in [0.15, 0.2) is 82.8 Å². The molecule has 0 heterocycles. The Labute approximate surface area is 198 Å². The highest BCUT2D eigenvalue weighted by Gasteiger charge is 2.27. The Hall–Kier alpha value is -3.72. The first-order chi connectivity index (χ1) is 16.2. The second kappa shape index (κ2) is 10.9. The molecular weight excluding hydrogens is 457 g/mol. The van der Waals surface area contributed by atoms with Gasteiger partial charge in [-0.05, 0) is 87.0 Å². The van der Waals surface area contributed by atoms with Crippen LogP contribution in [0.4, 0.5) is 10.1 Å². The maximum Gasteiger partial charge on any atom is 0.264 e. The molecule has 3 aromatic carbocycles. The van der Waals surface area contributed by atoms with Gasteiger partial charge in [-0.25, -0.2) is 18.2 Å².